The third-order valence-electron chi connectivity index (χ3n) is 3.35. The molecule has 1 saturated heterocycles. The zero-order valence-electron chi connectivity index (χ0n) is 11.0. The van der Waals surface area contributed by atoms with Crippen molar-refractivity contribution in [2.75, 3.05) is 18.0 Å². The van der Waals surface area contributed by atoms with Crippen LogP contribution in [0, 0.1) is 11.3 Å². The highest BCUT2D eigenvalue weighted by Crippen LogP contribution is 2.24. The summed E-state index contributed by atoms with van der Waals surface area (Å²) in [6, 6.07) is 17.2. The third-order valence-corrected chi connectivity index (χ3v) is 3.35. The average molecular weight is 262 g/mol. The van der Waals surface area contributed by atoms with Gasteiger partial charge in [0.05, 0.1) is 23.0 Å². The normalized spacial score (nSPS) is 14.1. The minimum atomic E-state index is 0.628. The molecular formula is C16H14N4. The van der Waals surface area contributed by atoms with Crippen molar-refractivity contribution in [1.29, 1.82) is 5.26 Å². The predicted octanol–water partition coefficient (Wildman–Crippen LogP) is 4.18. The van der Waals surface area contributed by atoms with Gasteiger partial charge in [0.2, 0.25) is 0 Å². The maximum atomic E-state index is 8.72. The predicted molar refractivity (Wildman–Crippen MR) is 78.6 cm³/mol. The van der Waals surface area contributed by atoms with E-state index < -0.39 is 0 Å². The van der Waals surface area contributed by atoms with E-state index in [9.17, 15) is 0 Å². The van der Waals surface area contributed by atoms with E-state index in [1.54, 1.807) is 24.3 Å². The number of azo groups is 1. The van der Waals surface area contributed by atoms with Gasteiger partial charge < -0.3 is 4.90 Å². The molecule has 4 heteroatoms. The van der Waals surface area contributed by atoms with Crippen LogP contribution < -0.4 is 4.90 Å². The van der Waals surface area contributed by atoms with E-state index in [0.717, 1.165) is 24.5 Å². The van der Waals surface area contributed by atoms with Crippen LogP contribution in [0.4, 0.5) is 17.1 Å². The van der Waals surface area contributed by atoms with Crippen molar-refractivity contribution in [2.45, 2.75) is 6.42 Å². The van der Waals surface area contributed by atoms with Crippen molar-refractivity contribution in [2.24, 2.45) is 10.2 Å². The van der Waals surface area contributed by atoms with E-state index in [1.165, 1.54) is 12.1 Å². The molecule has 1 fully saturated rings. The van der Waals surface area contributed by atoms with Gasteiger partial charge in [0.1, 0.15) is 0 Å². The van der Waals surface area contributed by atoms with Crippen molar-refractivity contribution in [1.82, 2.24) is 0 Å². The molecule has 4 nitrogen and oxygen atoms in total. The monoisotopic (exact) mass is 262 g/mol. The lowest BCUT2D eigenvalue weighted by Gasteiger charge is -2.33. The summed E-state index contributed by atoms with van der Waals surface area (Å²) >= 11 is 0. The van der Waals surface area contributed by atoms with E-state index >= 15 is 0 Å². The fraction of sp³-hybridized carbons (Fsp3) is 0.188. The van der Waals surface area contributed by atoms with Gasteiger partial charge in [0.25, 0.3) is 0 Å². The lowest BCUT2D eigenvalue weighted by atomic mass is 10.2. The minimum absolute atomic E-state index is 0.628. The van der Waals surface area contributed by atoms with E-state index in [0.29, 0.717) is 5.56 Å². The molecule has 3 rings (SSSR count). The first-order chi connectivity index (χ1) is 9.85. The molecule has 0 saturated carbocycles. The Morgan fingerprint density at radius 1 is 0.850 bits per heavy atom. The van der Waals surface area contributed by atoms with Gasteiger partial charge in [-0.05, 0) is 55.0 Å². The Labute approximate surface area is 118 Å². The zero-order valence-corrected chi connectivity index (χ0v) is 11.0. The molecular weight excluding hydrogens is 248 g/mol. The van der Waals surface area contributed by atoms with Crippen LogP contribution in [0.25, 0.3) is 0 Å². The summed E-state index contributed by atoms with van der Waals surface area (Å²) in [6.45, 7) is 2.29. The number of nitriles is 1. The molecule has 2 aromatic rings. The van der Waals surface area contributed by atoms with Gasteiger partial charge in [-0.25, -0.2) is 0 Å². The Morgan fingerprint density at radius 3 is 1.85 bits per heavy atom. The van der Waals surface area contributed by atoms with Crippen molar-refractivity contribution in [3.63, 3.8) is 0 Å². The fourth-order valence-corrected chi connectivity index (χ4v) is 2.02. The number of benzene rings is 2. The first-order valence-corrected chi connectivity index (χ1v) is 6.62. The van der Waals surface area contributed by atoms with Crippen LogP contribution in [0.1, 0.15) is 12.0 Å². The van der Waals surface area contributed by atoms with Crippen LogP contribution in [-0.2, 0) is 0 Å². The van der Waals surface area contributed by atoms with E-state index in [2.05, 4.69) is 33.3 Å². The first-order valence-electron chi connectivity index (χ1n) is 6.62. The summed E-state index contributed by atoms with van der Waals surface area (Å²) in [6.07, 6.45) is 1.28. The third kappa shape index (κ3) is 2.67. The fourth-order valence-electron chi connectivity index (χ4n) is 2.02. The highest BCUT2D eigenvalue weighted by molar-refractivity contribution is 5.54. The van der Waals surface area contributed by atoms with Crippen molar-refractivity contribution < 1.29 is 0 Å². The van der Waals surface area contributed by atoms with Gasteiger partial charge in [-0.3, -0.25) is 0 Å². The van der Waals surface area contributed by atoms with Gasteiger partial charge in [-0.2, -0.15) is 15.5 Å². The Bertz CT molecular complexity index is 646. The molecule has 2 aromatic carbocycles. The van der Waals surface area contributed by atoms with Gasteiger partial charge >= 0.3 is 0 Å². The Balaban J connectivity index is 1.69. The highest BCUT2D eigenvalue weighted by Gasteiger charge is 2.13. The zero-order chi connectivity index (χ0) is 13.8. The summed E-state index contributed by atoms with van der Waals surface area (Å²) in [7, 11) is 0. The average Bonchev–Trinajstić information content (AvgIpc) is 2.45. The largest absolute Gasteiger partial charge is 0.371 e. The minimum Gasteiger partial charge on any atom is -0.371 e. The van der Waals surface area contributed by atoms with Crippen LogP contribution in [-0.4, -0.2) is 13.1 Å². The van der Waals surface area contributed by atoms with Gasteiger partial charge in [-0.15, -0.1) is 0 Å². The first kappa shape index (κ1) is 12.4. The van der Waals surface area contributed by atoms with Crippen LogP contribution in [0.15, 0.2) is 58.8 Å². The van der Waals surface area contributed by atoms with Gasteiger partial charge in [0.15, 0.2) is 0 Å². The molecule has 98 valence electrons. The molecule has 0 atom stereocenters. The molecule has 20 heavy (non-hydrogen) atoms. The Kier molecular flexibility index (Phi) is 3.42. The Hall–Kier alpha value is -2.67. The molecule has 0 spiro atoms. The number of hydrogen-bond acceptors (Lipinski definition) is 4. The number of hydrogen-bond donors (Lipinski definition) is 0. The van der Waals surface area contributed by atoms with E-state index in [4.69, 9.17) is 5.26 Å². The van der Waals surface area contributed by atoms with Crippen molar-refractivity contribution in [3.05, 3.63) is 54.1 Å². The second kappa shape index (κ2) is 5.54. The molecule has 0 N–H and O–H groups in total. The summed E-state index contributed by atoms with van der Waals surface area (Å²) in [5.41, 5.74) is 3.45. The van der Waals surface area contributed by atoms with Crippen molar-refractivity contribution in [3.8, 4) is 6.07 Å². The van der Waals surface area contributed by atoms with Gasteiger partial charge in [0, 0.05) is 18.8 Å². The number of nitrogens with zero attached hydrogens (tertiary/aromatic N) is 4. The topological polar surface area (TPSA) is 51.8 Å². The standard InChI is InChI=1S/C16H14N4/c17-12-13-2-4-14(5-3-13)18-19-15-6-8-16(9-7-15)20-10-1-11-20/h2-9H,1,10-11H2. The highest BCUT2D eigenvalue weighted by atomic mass is 15.2. The molecule has 1 heterocycles. The molecule has 0 amide bonds. The lowest BCUT2D eigenvalue weighted by molar-refractivity contribution is 0.618. The molecule has 1 aliphatic heterocycles. The smallest absolute Gasteiger partial charge is 0.0991 e. The quantitative estimate of drug-likeness (QED) is 0.779. The molecule has 0 unspecified atom stereocenters. The molecule has 0 bridgehead atoms. The summed E-state index contributed by atoms with van der Waals surface area (Å²) in [5.74, 6) is 0. The molecule has 0 radical (unpaired) electrons. The van der Waals surface area contributed by atoms with Crippen LogP contribution in [0.5, 0.6) is 0 Å². The molecule has 0 aliphatic carbocycles. The van der Waals surface area contributed by atoms with Crippen LogP contribution >= 0.6 is 0 Å². The maximum Gasteiger partial charge on any atom is 0.0991 e. The summed E-state index contributed by atoms with van der Waals surface area (Å²) < 4.78 is 0. The summed E-state index contributed by atoms with van der Waals surface area (Å²) in [4.78, 5) is 2.33. The Morgan fingerprint density at radius 2 is 1.40 bits per heavy atom. The summed E-state index contributed by atoms with van der Waals surface area (Å²) in [5, 5.41) is 17.1. The maximum absolute atomic E-state index is 8.72. The lowest BCUT2D eigenvalue weighted by Crippen LogP contribution is -2.36. The number of rotatable bonds is 3. The SMILES string of the molecule is N#Cc1ccc(N=Nc2ccc(N3CCC3)cc2)cc1. The van der Waals surface area contributed by atoms with Gasteiger partial charge in [-0.1, -0.05) is 0 Å². The second-order valence-electron chi connectivity index (χ2n) is 4.72. The second-order valence-corrected chi connectivity index (χ2v) is 4.72. The van der Waals surface area contributed by atoms with Crippen LogP contribution in [0.2, 0.25) is 0 Å². The van der Waals surface area contributed by atoms with E-state index in [1.807, 2.05) is 12.1 Å². The van der Waals surface area contributed by atoms with Crippen LogP contribution in [0.3, 0.4) is 0 Å². The van der Waals surface area contributed by atoms with Crippen molar-refractivity contribution >= 4 is 17.1 Å². The molecule has 1 aliphatic rings. The molecule has 0 aromatic heterocycles. The van der Waals surface area contributed by atoms with E-state index in [-0.39, 0.29) is 0 Å². The number of anilines is 1.